The van der Waals surface area contributed by atoms with E-state index in [1.165, 1.54) is 24.3 Å². The number of nitrogens with zero attached hydrogens (tertiary/aromatic N) is 1. The number of amides is 2. The number of nitro groups is 1. The Hall–Kier alpha value is -3.42. The Morgan fingerprint density at radius 2 is 1.79 bits per heavy atom. The highest BCUT2D eigenvalue weighted by atomic mass is 16.6. The van der Waals surface area contributed by atoms with Gasteiger partial charge in [0, 0.05) is 37.2 Å². The van der Waals surface area contributed by atoms with Crippen molar-refractivity contribution in [1.82, 2.24) is 10.6 Å². The number of aryl methyl sites for hydroxylation is 1. The number of carbonyl (C=O) groups is 2. The molecule has 2 rings (SSSR count). The lowest BCUT2D eigenvalue weighted by Crippen LogP contribution is -2.31. The average Bonchev–Trinajstić information content (AvgIpc) is 2.68. The first-order valence-electron chi connectivity index (χ1n) is 8.83. The second-order valence-electron chi connectivity index (χ2n) is 6.23. The average molecular weight is 385 g/mol. The predicted octanol–water partition coefficient (Wildman–Crippen LogP) is 2.39. The molecule has 0 aromatic heterocycles. The Morgan fingerprint density at radius 3 is 2.43 bits per heavy atom. The molecule has 2 amide bonds. The third-order valence-electron chi connectivity index (χ3n) is 4.13. The lowest BCUT2D eigenvalue weighted by Gasteiger charge is -2.10. The van der Waals surface area contributed by atoms with Gasteiger partial charge in [0.2, 0.25) is 5.91 Å². The molecule has 0 saturated carbocycles. The van der Waals surface area contributed by atoms with E-state index in [-0.39, 0.29) is 30.5 Å². The fourth-order valence-corrected chi connectivity index (χ4v) is 2.65. The minimum Gasteiger partial charge on any atom is -0.496 e. The zero-order valence-electron chi connectivity index (χ0n) is 15.9. The van der Waals surface area contributed by atoms with Crippen LogP contribution in [0, 0.1) is 17.0 Å². The van der Waals surface area contributed by atoms with Gasteiger partial charge in [-0.3, -0.25) is 19.7 Å². The molecule has 0 atom stereocenters. The molecule has 0 radical (unpaired) electrons. The van der Waals surface area contributed by atoms with Crippen LogP contribution >= 0.6 is 0 Å². The Bertz CT molecular complexity index is 849. The second kappa shape index (κ2) is 10.1. The van der Waals surface area contributed by atoms with E-state index in [4.69, 9.17) is 4.74 Å². The number of nitro benzene ring substituents is 1. The third-order valence-corrected chi connectivity index (χ3v) is 4.13. The van der Waals surface area contributed by atoms with Gasteiger partial charge in [0.1, 0.15) is 5.75 Å². The number of carbonyl (C=O) groups excluding carboxylic acids is 2. The smallest absolute Gasteiger partial charge is 0.269 e. The van der Waals surface area contributed by atoms with E-state index in [0.29, 0.717) is 18.5 Å². The van der Waals surface area contributed by atoms with Crippen LogP contribution in [0.15, 0.2) is 42.5 Å². The van der Waals surface area contributed by atoms with E-state index in [9.17, 15) is 19.7 Å². The molecule has 2 aromatic rings. The van der Waals surface area contributed by atoms with Crippen molar-refractivity contribution in [3.63, 3.8) is 0 Å². The van der Waals surface area contributed by atoms with Crippen molar-refractivity contribution in [2.75, 3.05) is 20.2 Å². The molecule has 8 nitrogen and oxygen atoms in total. The topological polar surface area (TPSA) is 111 Å². The third kappa shape index (κ3) is 6.08. The number of hydrogen-bond donors (Lipinski definition) is 2. The molecule has 148 valence electrons. The molecule has 0 saturated heterocycles. The first-order chi connectivity index (χ1) is 13.4. The molecule has 0 aliphatic rings. The number of methoxy groups -OCH3 is 1. The highest BCUT2D eigenvalue weighted by molar-refractivity contribution is 5.94. The van der Waals surface area contributed by atoms with Crippen LogP contribution in [0.2, 0.25) is 0 Å². The summed E-state index contributed by atoms with van der Waals surface area (Å²) >= 11 is 0. The number of hydrogen-bond acceptors (Lipinski definition) is 5. The Kier molecular flexibility index (Phi) is 7.50. The Labute approximate surface area is 163 Å². The maximum atomic E-state index is 12.0. The summed E-state index contributed by atoms with van der Waals surface area (Å²) in [6, 6.07) is 11.2. The standard InChI is InChI=1S/C20H23N3O5/c1-14-3-8-18(28-2)16(13-14)9-11-21-19(24)10-12-22-20(25)15-4-6-17(7-5-15)23(26)27/h3-8,13H,9-12H2,1-2H3,(H,21,24)(H,22,25). The first kappa shape index (κ1) is 20.9. The van der Waals surface area contributed by atoms with Crippen LogP contribution in [0.4, 0.5) is 5.69 Å². The largest absolute Gasteiger partial charge is 0.496 e. The van der Waals surface area contributed by atoms with Crippen LogP contribution in [0.25, 0.3) is 0 Å². The number of nitrogens with one attached hydrogen (secondary N) is 2. The first-order valence-corrected chi connectivity index (χ1v) is 8.83. The van der Waals surface area contributed by atoms with Gasteiger partial charge in [-0.15, -0.1) is 0 Å². The molecule has 2 N–H and O–H groups in total. The van der Waals surface area contributed by atoms with Gasteiger partial charge in [-0.2, -0.15) is 0 Å². The van der Waals surface area contributed by atoms with Gasteiger partial charge in [0.15, 0.2) is 0 Å². The fraction of sp³-hybridized carbons (Fsp3) is 0.300. The van der Waals surface area contributed by atoms with Crippen molar-refractivity contribution in [2.24, 2.45) is 0 Å². The van der Waals surface area contributed by atoms with Crippen molar-refractivity contribution in [1.29, 1.82) is 0 Å². The molecule has 28 heavy (non-hydrogen) atoms. The number of benzene rings is 2. The molecule has 0 fully saturated rings. The summed E-state index contributed by atoms with van der Waals surface area (Å²) in [5, 5.41) is 16.0. The Morgan fingerprint density at radius 1 is 1.07 bits per heavy atom. The van der Waals surface area contributed by atoms with Crippen molar-refractivity contribution < 1.29 is 19.2 Å². The van der Waals surface area contributed by atoms with Crippen LogP contribution in [0.3, 0.4) is 0 Å². The summed E-state index contributed by atoms with van der Waals surface area (Å²) in [6.45, 7) is 2.64. The summed E-state index contributed by atoms with van der Waals surface area (Å²) in [5.74, 6) is 0.234. The summed E-state index contributed by atoms with van der Waals surface area (Å²) in [6.07, 6.45) is 0.787. The number of rotatable bonds is 9. The molecule has 8 heteroatoms. The van der Waals surface area contributed by atoms with E-state index in [1.54, 1.807) is 7.11 Å². The molecular formula is C20H23N3O5. The van der Waals surface area contributed by atoms with E-state index >= 15 is 0 Å². The summed E-state index contributed by atoms with van der Waals surface area (Å²) < 4.78 is 5.31. The van der Waals surface area contributed by atoms with Gasteiger partial charge in [-0.05, 0) is 37.1 Å². The van der Waals surface area contributed by atoms with Crippen LogP contribution in [-0.4, -0.2) is 36.9 Å². The van der Waals surface area contributed by atoms with Crippen LogP contribution in [0.1, 0.15) is 27.9 Å². The fourth-order valence-electron chi connectivity index (χ4n) is 2.65. The predicted molar refractivity (Wildman–Crippen MR) is 104 cm³/mol. The van der Waals surface area contributed by atoms with Crippen molar-refractivity contribution in [2.45, 2.75) is 19.8 Å². The maximum absolute atomic E-state index is 12.0. The molecule has 0 spiro atoms. The van der Waals surface area contributed by atoms with Gasteiger partial charge in [-0.25, -0.2) is 0 Å². The van der Waals surface area contributed by atoms with E-state index in [1.807, 2.05) is 25.1 Å². The molecule has 0 aliphatic heterocycles. The zero-order valence-corrected chi connectivity index (χ0v) is 15.9. The summed E-state index contributed by atoms with van der Waals surface area (Å²) in [7, 11) is 1.61. The SMILES string of the molecule is COc1ccc(C)cc1CCNC(=O)CCNC(=O)c1ccc([N+](=O)[O-])cc1. The maximum Gasteiger partial charge on any atom is 0.269 e. The lowest BCUT2D eigenvalue weighted by molar-refractivity contribution is -0.384. The Balaban J connectivity index is 1.72. The van der Waals surface area contributed by atoms with E-state index in [2.05, 4.69) is 10.6 Å². The molecule has 0 aliphatic carbocycles. The van der Waals surface area contributed by atoms with Gasteiger partial charge < -0.3 is 15.4 Å². The zero-order chi connectivity index (χ0) is 20.5. The van der Waals surface area contributed by atoms with Crippen LogP contribution < -0.4 is 15.4 Å². The normalized spacial score (nSPS) is 10.2. The van der Waals surface area contributed by atoms with Gasteiger partial charge in [0.25, 0.3) is 11.6 Å². The number of ether oxygens (including phenoxy) is 1. The van der Waals surface area contributed by atoms with Crippen molar-refractivity contribution in [3.8, 4) is 5.75 Å². The minimum atomic E-state index is -0.529. The highest BCUT2D eigenvalue weighted by Gasteiger charge is 2.10. The van der Waals surface area contributed by atoms with Gasteiger partial charge >= 0.3 is 0 Å². The molecule has 2 aromatic carbocycles. The minimum absolute atomic E-state index is 0.0823. The van der Waals surface area contributed by atoms with E-state index in [0.717, 1.165) is 16.9 Å². The van der Waals surface area contributed by atoms with Gasteiger partial charge in [0.05, 0.1) is 12.0 Å². The monoisotopic (exact) mass is 385 g/mol. The molecule has 0 heterocycles. The summed E-state index contributed by atoms with van der Waals surface area (Å²) in [4.78, 5) is 34.0. The van der Waals surface area contributed by atoms with Crippen molar-refractivity contribution >= 4 is 17.5 Å². The number of non-ortho nitro benzene ring substituents is 1. The lowest BCUT2D eigenvalue weighted by atomic mass is 10.1. The second-order valence-corrected chi connectivity index (χ2v) is 6.23. The highest BCUT2D eigenvalue weighted by Crippen LogP contribution is 2.19. The molecular weight excluding hydrogens is 362 g/mol. The van der Waals surface area contributed by atoms with Crippen LogP contribution in [0.5, 0.6) is 5.75 Å². The quantitative estimate of drug-likeness (QED) is 0.509. The van der Waals surface area contributed by atoms with Crippen molar-refractivity contribution in [3.05, 3.63) is 69.3 Å². The van der Waals surface area contributed by atoms with Gasteiger partial charge in [-0.1, -0.05) is 17.7 Å². The molecule has 0 bridgehead atoms. The van der Waals surface area contributed by atoms with Crippen LogP contribution in [-0.2, 0) is 11.2 Å². The van der Waals surface area contributed by atoms with E-state index < -0.39 is 4.92 Å². The molecule has 0 unspecified atom stereocenters. The summed E-state index contributed by atoms with van der Waals surface area (Å²) in [5.41, 5.74) is 2.36.